The van der Waals surface area contributed by atoms with Crippen LogP contribution in [0.25, 0.3) is 0 Å². The lowest BCUT2D eigenvalue weighted by Crippen LogP contribution is -2.54. The van der Waals surface area contributed by atoms with E-state index in [1.165, 1.54) is 5.56 Å². The molecular weight excluding hydrogens is 242 g/mol. The third-order valence-electron chi connectivity index (χ3n) is 3.34. The first-order chi connectivity index (χ1) is 9.02. The zero-order valence-electron chi connectivity index (χ0n) is 11.0. The van der Waals surface area contributed by atoms with Crippen molar-refractivity contribution in [2.45, 2.75) is 13.8 Å². The number of carbonyl (C=O) groups is 2. The van der Waals surface area contributed by atoms with Crippen molar-refractivity contribution in [3.63, 3.8) is 0 Å². The molecule has 0 saturated carbocycles. The molecule has 0 spiro atoms. The standard InChI is InChI=1S/C14H15N3O2/c1-10-3-4-12(7-11(10)2)16-8-13(18)17(6-5-15)14(19)9-16/h3-4,7H,6,8-9H2,1-2H3. The van der Waals surface area contributed by atoms with E-state index in [0.29, 0.717) is 0 Å². The van der Waals surface area contributed by atoms with E-state index in [2.05, 4.69) is 0 Å². The van der Waals surface area contributed by atoms with Crippen molar-refractivity contribution in [3.05, 3.63) is 29.3 Å². The number of nitriles is 1. The Hall–Kier alpha value is -2.35. The second kappa shape index (κ2) is 5.11. The molecule has 5 heteroatoms. The smallest absolute Gasteiger partial charge is 0.249 e. The Morgan fingerprint density at radius 1 is 1.16 bits per heavy atom. The van der Waals surface area contributed by atoms with Gasteiger partial charge in [-0.15, -0.1) is 0 Å². The number of amides is 2. The van der Waals surface area contributed by atoms with Crippen LogP contribution in [0.2, 0.25) is 0 Å². The normalized spacial score (nSPS) is 15.6. The molecule has 0 N–H and O–H groups in total. The van der Waals surface area contributed by atoms with Gasteiger partial charge in [-0.05, 0) is 37.1 Å². The van der Waals surface area contributed by atoms with Gasteiger partial charge in [0.05, 0.1) is 19.2 Å². The molecule has 1 aliphatic heterocycles. The zero-order chi connectivity index (χ0) is 14.0. The molecule has 0 bridgehead atoms. The fraction of sp³-hybridized carbons (Fsp3) is 0.357. The number of benzene rings is 1. The molecule has 1 aromatic carbocycles. The maximum absolute atomic E-state index is 11.8. The van der Waals surface area contributed by atoms with Crippen LogP contribution >= 0.6 is 0 Å². The second-order valence-corrected chi connectivity index (χ2v) is 4.66. The Balaban J connectivity index is 2.20. The predicted molar refractivity (Wildman–Crippen MR) is 70.5 cm³/mol. The predicted octanol–water partition coefficient (Wildman–Crippen LogP) is 1.00. The second-order valence-electron chi connectivity index (χ2n) is 4.66. The summed E-state index contributed by atoms with van der Waals surface area (Å²) in [5.74, 6) is -0.646. The lowest BCUT2D eigenvalue weighted by atomic mass is 10.1. The average Bonchev–Trinajstić information content (AvgIpc) is 2.37. The van der Waals surface area contributed by atoms with E-state index in [-0.39, 0.29) is 31.4 Å². The Morgan fingerprint density at radius 3 is 2.32 bits per heavy atom. The Labute approximate surface area is 112 Å². The number of aryl methyl sites for hydroxylation is 2. The van der Waals surface area contributed by atoms with Crippen LogP contribution in [0.4, 0.5) is 5.69 Å². The third kappa shape index (κ3) is 2.58. The van der Waals surface area contributed by atoms with Gasteiger partial charge in [-0.3, -0.25) is 14.5 Å². The number of imide groups is 1. The van der Waals surface area contributed by atoms with Crippen molar-refractivity contribution in [1.82, 2.24) is 4.90 Å². The highest BCUT2D eigenvalue weighted by Crippen LogP contribution is 2.20. The van der Waals surface area contributed by atoms with Crippen molar-refractivity contribution in [1.29, 1.82) is 5.26 Å². The van der Waals surface area contributed by atoms with Gasteiger partial charge in [0.15, 0.2) is 0 Å². The minimum absolute atomic E-state index is 0.135. The van der Waals surface area contributed by atoms with E-state index >= 15 is 0 Å². The Bertz CT molecular complexity index is 557. The average molecular weight is 257 g/mol. The summed E-state index contributed by atoms with van der Waals surface area (Å²) in [4.78, 5) is 26.4. The van der Waals surface area contributed by atoms with Crippen molar-refractivity contribution in [3.8, 4) is 6.07 Å². The number of rotatable bonds is 2. The molecule has 1 fully saturated rings. The van der Waals surface area contributed by atoms with Crippen LogP contribution in [-0.2, 0) is 9.59 Å². The summed E-state index contributed by atoms with van der Waals surface area (Å²) in [6.07, 6.45) is 0. The van der Waals surface area contributed by atoms with Gasteiger partial charge in [0, 0.05) is 5.69 Å². The fourth-order valence-corrected chi connectivity index (χ4v) is 2.04. The molecule has 2 amide bonds. The van der Waals surface area contributed by atoms with Crippen LogP contribution in [0.5, 0.6) is 0 Å². The zero-order valence-corrected chi connectivity index (χ0v) is 11.0. The largest absolute Gasteiger partial charge is 0.353 e. The maximum Gasteiger partial charge on any atom is 0.249 e. The van der Waals surface area contributed by atoms with Crippen LogP contribution in [0, 0.1) is 25.2 Å². The first-order valence-electron chi connectivity index (χ1n) is 6.05. The molecule has 0 unspecified atom stereocenters. The van der Waals surface area contributed by atoms with E-state index in [9.17, 15) is 9.59 Å². The van der Waals surface area contributed by atoms with Gasteiger partial charge in [0.2, 0.25) is 11.8 Å². The minimum atomic E-state index is -0.323. The summed E-state index contributed by atoms with van der Waals surface area (Å²) >= 11 is 0. The number of nitrogens with zero attached hydrogens (tertiary/aromatic N) is 3. The van der Waals surface area contributed by atoms with Crippen molar-refractivity contribution in [2.24, 2.45) is 0 Å². The molecule has 0 atom stereocenters. The lowest BCUT2D eigenvalue weighted by molar-refractivity contribution is -0.144. The molecule has 2 rings (SSSR count). The van der Waals surface area contributed by atoms with Gasteiger partial charge in [0.1, 0.15) is 6.54 Å². The van der Waals surface area contributed by atoms with Crippen molar-refractivity contribution < 1.29 is 9.59 Å². The third-order valence-corrected chi connectivity index (χ3v) is 3.34. The van der Waals surface area contributed by atoms with Crippen molar-refractivity contribution in [2.75, 3.05) is 24.5 Å². The van der Waals surface area contributed by atoms with Gasteiger partial charge in [0.25, 0.3) is 0 Å². The number of hydrogen-bond acceptors (Lipinski definition) is 4. The lowest BCUT2D eigenvalue weighted by Gasteiger charge is -2.33. The first kappa shape index (κ1) is 13.1. The van der Waals surface area contributed by atoms with E-state index < -0.39 is 0 Å². The van der Waals surface area contributed by atoms with Gasteiger partial charge in [-0.1, -0.05) is 6.07 Å². The molecule has 1 heterocycles. The highest BCUT2D eigenvalue weighted by Gasteiger charge is 2.30. The van der Waals surface area contributed by atoms with E-state index in [4.69, 9.17) is 5.26 Å². The van der Waals surface area contributed by atoms with E-state index in [0.717, 1.165) is 16.2 Å². The molecule has 5 nitrogen and oxygen atoms in total. The number of anilines is 1. The Morgan fingerprint density at radius 2 is 1.79 bits per heavy atom. The Kier molecular flexibility index (Phi) is 3.52. The maximum atomic E-state index is 11.8. The van der Waals surface area contributed by atoms with E-state index in [1.807, 2.05) is 38.1 Å². The monoisotopic (exact) mass is 257 g/mol. The molecule has 1 aliphatic rings. The number of hydrogen-bond donors (Lipinski definition) is 0. The summed E-state index contributed by atoms with van der Waals surface area (Å²) < 4.78 is 0. The molecule has 0 radical (unpaired) electrons. The van der Waals surface area contributed by atoms with Crippen molar-refractivity contribution >= 4 is 17.5 Å². The van der Waals surface area contributed by atoms with Crippen LogP contribution in [0.3, 0.4) is 0 Å². The summed E-state index contributed by atoms with van der Waals surface area (Å²) in [7, 11) is 0. The topological polar surface area (TPSA) is 64.4 Å². The van der Waals surface area contributed by atoms with Crippen LogP contribution < -0.4 is 4.90 Å². The van der Waals surface area contributed by atoms with Gasteiger partial charge >= 0.3 is 0 Å². The van der Waals surface area contributed by atoms with Crippen LogP contribution in [0.15, 0.2) is 18.2 Å². The molecule has 1 aromatic rings. The van der Waals surface area contributed by atoms with Crippen LogP contribution in [0.1, 0.15) is 11.1 Å². The summed E-state index contributed by atoms with van der Waals surface area (Å²) in [6, 6.07) is 7.68. The first-order valence-corrected chi connectivity index (χ1v) is 6.05. The molecule has 0 aromatic heterocycles. The highest BCUT2D eigenvalue weighted by atomic mass is 16.2. The fourth-order valence-electron chi connectivity index (χ4n) is 2.04. The SMILES string of the molecule is Cc1ccc(N2CC(=O)N(CC#N)C(=O)C2)cc1C. The highest BCUT2D eigenvalue weighted by molar-refractivity contribution is 6.03. The summed E-state index contributed by atoms with van der Waals surface area (Å²) in [5.41, 5.74) is 3.16. The molecule has 19 heavy (non-hydrogen) atoms. The summed E-state index contributed by atoms with van der Waals surface area (Å²) in [5, 5.41) is 8.59. The molecule has 98 valence electrons. The van der Waals surface area contributed by atoms with Gasteiger partial charge in [-0.2, -0.15) is 5.26 Å². The molecular formula is C14H15N3O2. The van der Waals surface area contributed by atoms with E-state index in [1.54, 1.807) is 4.90 Å². The summed E-state index contributed by atoms with van der Waals surface area (Å²) in [6.45, 7) is 4.11. The quantitative estimate of drug-likeness (QED) is 0.585. The van der Waals surface area contributed by atoms with Crippen LogP contribution in [-0.4, -0.2) is 36.3 Å². The number of carbonyl (C=O) groups excluding carboxylic acids is 2. The number of piperazine rings is 1. The van der Waals surface area contributed by atoms with Gasteiger partial charge < -0.3 is 4.90 Å². The van der Waals surface area contributed by atoms with Gasteiger partial charge in [-0.25, -0.2) is 0 Å². The molecule has 0 aliphatic carbocycles. The molecule has 1 saturated heterocycles. The minimum Gasteiger partial charge on any atom is -0.353 e.